The van der Waals surface area contributed by atoms with Crippen molar-refractivity contribution < 1.29 is 4.42 Å². The summed E-state index contributed by atoms with van der Waals surface area (Å²) in [4.78, 5) is 4.98. The van der Waals surface area contributed by atoms with Crippen molar-refractivity contribution in [2.75, 3.05) is 9.80 Å². The van der Waals surface area contributed by atoms with Crippen molar-refractivity contribution in [3.8, 4) is 0 Å². The van der Waals surface area contributed by atoms with Gasteiger partial charge in [0.15, 0.2) is 0 Å². The van der Waals surface area contributed by atoms with E-state index < -0.39 is 0 Å². The Morgan fingerprint density at radius 2 is 1.12 bits per heavy atom. The number of nitrogens with zero attached hydrogens (tertiary/aromatic N) is 2. The molecule has 0 saturated carbocycles. The van der Waals surface area contributed by atoms with E-state index >= 15 is 0 Å². The van der Waals surface area contributed by atoms with E-state index in [1.807, 2.05) is 0 Å². The molecule has 0 atom stereocenters. The van der Waals surface area contributed by atoms with Gasteiger partial charge in [-0.05, 0) is 140 Å². The maximum atomic E-state index is 7.40. The minimum absolute atomic E-state index is 0.0361. The third-order valence-corrected chi connectivity index (χ3v) is 14.0. The van der Waals surface area contributed by atoms with Crippen LogP contribution in [0.2, 0.25) is 5.02 Å². The third kappa shape index (κ3) is 5.98. The number of aryl methyl sites for hydroxylation is 1. The summed E-state index contributed by atoms with van der Waals surface area (Å²) in [5.74, 6) is 0. The molecular formula is C53H60BClN2O. The molecule has 58 heavy (non-hydrogen) atoms. The molecule has 3 nitrogen and oxygen atoms in total. The highest BCUT2D eigenvalue weighted by Crippen LogP contribution is 2.53. The molecule has 6 aromatic rings. The van der Waals surface area contributed by atoms with Crippen molar-refractivity contribution in [3.63, 3.8) is 0 Å². The standard InChI is InChI=1S/C53H60BClN2O/c1-31-25-38-39(53(13,14)24-23-52(38,11)12)30-42(31)57-44-29-35(55)28-43-46(44)54(48-47(57)37-26-33(50(5,6)7)18-22-45(37)58-48)40-27-34(51(8,9)10)17-21-41(40)56(43)36-19-15-32(16-20-36)49(2,3)4/h15-22,25-30H,23-24H2,1-14H3. The Morgan fingerprint density at radius 1 is 0.586 bits per heavy atom. The fourth-order valence-corrected chi connectivity index (χ4v) is 10.2. The van der Waals surface area contributed by atoms with Gasteiger partial charge >= 0.3 is 0 Å². The van der Waals surface area contributed by atoms with Crippen LogP contribution in [0.1, 0.15) is 136 Å². The maximum absolute atomic E-state index is 7.40. The molecule has 0 saturated heterocycles. The van der Waals surface area contributed by atoms with Crippen molar-refractivity contribution in [3.05, 3.63) is 123 Å². The largest absolute Gasteiger partial charge is 0.468 e. The predicted octanol–water partition coefficient (Wildman–Crippen LogP) is 13.7. The average molecular weight is 787 g/mol. The van der Waals surface area contributed by atoms with Gasteiger partial charge in [0.2, 0.25) is 0 Å². The van der Waals surface area contributed by atoms with Crippen molar-refractivity contribution in [1.29, 1.82) is 0 Å². The minimum atomic E-state index is -0.144. The van der Waals surface area contributed by atoms with Gasteiger partial charge in [0.05, 0.1) is 11.3 Å². The lowest BCUT2D eigenvalue weighted by Gasteiger charge is -2.45. The van der Waals surface area contributed by atoms with Crippen LogP contribution >= 0.6 is 11.6 Å². The molecule has 0 bridgehead atoms. The zero-order chi connectivity index (χ0) is 41.6. The quantitative estimate of drug-likeness (QED) is 0.163. The highest BCUT2D eigenvalue weighted by Gasteiger charge is 2.48. The lowest BCUT2D eigenvalue weighted by molar-refractivity contribution is 0.332. The summed E-state index contributed by atoms with van der Waals surface area (Å²) in [6.45, 7) is 32.5. The summed E-state index contributed by atoms with van der Waals surface area (Å²) in [5, 5.41) is 1.85. The molecule has 3 heterocycles. The lowest BCUT2D eigenvalue weighted by atomic mass is 9.35. The summed E-state index contributed by atoms with van der Waals surface area (Å²) < 4.78 is 7.30. The Labute approximate surface area is 352 Å². The van der Waals surface area contributed by atoms with Gasteiger partial charge in [-0.3, -0.25) is 0 Å². The molecule has 5 aromatic carbocycles. The van der Waals surface area contributed by atoms with Crippen LogP contribution in [-0.4, -0.2) is 6.71 Å². The molecule has 0 amide bonds. The van der Waals surface area contributed by atoms with E-state index in [9.17, 15) is 0 Å². The highest BCUT2D eigenvalue weighted by atomic mass is 35.5. The van der Waals surface area contributed by atoms with E-state index in [0.717, 1.165) is 51.5 Å². The van der Waals surface area contributed by atoms with E-state index in [1.54, 1.807) is 0 Å². The zero-order valence-corrected chi connectivity index (χ0v) is 38.0. The first-order chi connectivity index (χ1) is 27.0. The van der Waals surface area contributed by atoms with Gasteiger partial charge in [0, 0.05) is 38.8 Å². The zero-order valence-electron chi connectivity index (χ0n) is 37.3. The van der Waals surface area contributed by atoms with Gasteiger partial charge in [0.25, 0.3) is 6.71 Å². The number of rotatable bonds is 2. The SMILES string of the molecule is Cc1cc2c(cc1N1c3cc(Cl)cc4c3B(c3cc(C(C)(C)C)ccc3N4c3ccc(C(C)(C)C)cc3)c3oc4ccc(C(C)(C)C)cc4c31)C(C)(C)CCC2(C)C. The average Bonchev–Trinajstić information content (AvgIpc) is 3.51. The highest BCUT2D eigenvalue weighted by molar-refractivity contribution is 7.00. The van der Waals surface area contributed by atoms with Gasteiger partial charge in [-0.25, -0.2) is 0 Å². The molecule has 0 spiro atoms. The fourth-order valence-electron chi connectivity index (χ4n) is 9.98. The molecule has 9 rings (SSSR count). The molecule has 2 aliphatic heterocycles. The van der Waals surface area contributed by atoms with Gasteiger partial charge in [-0.1, -0.05) is 138 Å². The van der Waals surface area contributed by atoms with Crippen LogP contribution in [0.4, 0.5) is 34.1 Å². The van der Waals surface area contributed by atoms with E-state index in [4.69, 9.17) is 16.0 Å². The lowest BCUT2D eigenvalue weighted by Crippen LogP contribution is -2.61. The Kier molecular flexibility index (Phi) is 8.46. The molecule has 0 fully saturated rings. The molecular weight excluding hydrogens is 727 g/mol. The monoisotopic (exact) mass is 786 g/mol. The van der Waals surface area contributed by atoms with Crippen LogP contribution in [0, 0.1) is 6.92 Å². The number of hydrogen-bond acceptors (Lipinski definition) is 3. The number of hydrogen-bond donors (Lipinski definition) is 0. The minimum Gasteiger partial charge on any atom is -0.468 e. The molecule has 0 N–H and O–H groups in total. The Morgan fingerprint density at radius 3 is 1.72 bits per heavy atom. The van der Waals surface area contributed by atoms with Crippen LogP contribution in [0.3, 0.4) is 0 Å². The second-order valence-corrected chi connectivity index (χ2v) is 22.4. The molecule has 3 aliphatic rings. The summed E-state index contributed by atoms with van der Waals surface area (Å²) in [6.07, 6.45) is 2.32. The van der Waals surface area contributed by atoms with Crippen LogP contribution in [0.15, 0.2) is 89.3 Å². The van der Waals surface area contributed by atoms with Gasteiger partial charge in [-0.15, -0.1) is 0 Å². The number of halogens is 1. The summed E-state index contributed by atoms with van der Waals surface area (Å²) >= 11 is 7.40. The van der Waals surface area contributed by atoms with E-state index in [2.05, 4.69) is 192 Å². The first-order valence-corrected chi connectivity index (χ1v) is 21.7. The van der Waals surface area contributed by atoms with Crippen molar-refractivity contribution >= 4 is 80.0 Å². The predicted molar refractivity (Wildman–Crippen MR) is 251 cm³/mol. The number of benzene rings is 5. The van der Waals surface area contributed by atoms with Crippen molar-refractivity contribution in [2.45, 2.75) is 137 Å². The van der Waals surface area contributed by atoms with Gasteiger partial charge < -0.3 is 14.2 Å². The van der Waals surface area contributed by atoms with Crippen LogP contribution in [0.25, 0.3) is 11.0 Å². The first-order valence-electron chi connectivity index (χ1n) is 21.4. The van der Waals surface area contributed by atoms with Crippen LogP contribution in [-0.2, 0) is 27.1 Å². The molecule has 0 unspecified atom stereocenters. The van der Waals surface area contributed by atoms with E-state index in [1.165, 1.54) is 56.4 Å². The molecule has 298 valence electrons. The van der Waals surface area contributed by atoms with Gasteiger partial charge in [-0.2, -0.15) is 0 Å². The maximum Gasteiger partial charge on any atom is 0.297 e. The number of anilines is 6. The van der Waals surface area contributed by atoms with Crippen molar-refractivity contribution in [2.24, 2.45) is 0 Å². The van der Waals surface area contributed by atoms with Crippen molar-refractivity contribution in [1.82, 2.24) is 0 Å². The molecule has 1 aromatic heterocycles. The smallest absolute Gasteiger partial charge is 0.297 e. The number of fused-ring (bicyclic) bond motifs is 7. The fraction of sp³-hybridized carbons (Fsp3) is 0.396. The summed E-state index contributed by atoms with van der Waals surface area (Å²) in [5.41, 5.74) is 19.3. The summed E-state index contributed by atoms with van der Waals surface area (Å²) in [7, 11) is 0. The van der Waals surface area contributed by atoms with Gasteiger partial charge in [0.1, 0.15) is 5.58 Å². The molecule has 1 aliphatic carbocycles. The summed E-state index contributed by atoms with van der Waals surface area (Å²) in [6, 6.07) is 32.5. The normalized spacial score (nSPS) is 16.9. The topological polar surface area (TPSA) is 19.6 Å². The Hall–Kier alpha value is -4.41. The van der Waals surface area contributed by atoms with Crippen LogP contribution in [0.5, 0.6) is 0 Å². The second kappa shape index (κ2) is 12.6. The Balaban J connectivity index is 1.41. The number of furan rings is 1. The molecule has 0 radical (unpaired) electrons. The first kappa shape index (κ1) is 39.1. The third-order valence-electron chi connectivity index (χ3n) is 13.8. The second-order valence-electron chi connectivity index (χ2n) is 22.0. The Bertz CT molecular complexity index is 2660. The van der Waals surface area contributed by atoms with E-state index in [-0.39, 0.29) is 33.8 Å². The van der Waals surface area contributed by atoms with E-state index in [0.29, 0.717) is 5.02 Å². The van der Waals surface area contributed by atoms with Crippen LogP contribution < -0.4 is 26.4 Å². The molecule has 5 heteroatoms.